The van der Waals surface area contributed by atoms with Gasteiger partial charge in [0.1, 0.15) is 11.2 Å². The van der Waals surface area contributed by atoms with Crippen LogP contribution in [0.2, 0.25) is 0 Å². The molecule has 1 aromatic heterocycles. The van der Waals surface area contributed by atoms with Crippen LogP contribution in [0.25, 0.3) is 77.2 Å². The summed E-state index contributed by atoms with van der Waals surface area (Å²) in [5.74, 6) is 0. The van der Waals surface area contributed by atoms with E-state index in [-0.39, 0.29) is 0 Å². The molecule has 0 unspecified atom stereocenters. The lowest BCUT2D eigenvalue weighted by molar-refractivity contribution is 0.669. The fourth-order valence-corrected chi connectivity index (χ4v) is 12.3. The molecule has 12 aromatic carbocycles. The average molecular weight is 943 g/mol. The first-order valence-corrected chi connectivity index (χ1v) is 25.5. The van der Waals surface area contributed by atoms with Gasteiger partial charge in [0.2, 0.25) is 0 Å². The molecule has 0 fully saturated rings. The molecule has 74 heavy (non-hydrogen) atoms. The maximum absolute atomic E-state index is 6.38. The van der Waals surface area contributed by atoms with Gasteiger partial charge in [-0.3, -0.25) is 0 Å². The predicted molar refractivity (Wildman–Crippen MR) is 308 cm³/mol. The van der Waals surface area contributed by atoms with E-state index in [4.69, 9.17) is 4.42 Å². The third-order valence-corrected chi connectivity index (χ3v) is 15.7. The summed E-state index contributed by atoms with van der Waals surface area (Å²) in [6, 6.07) is 102. The molecule has 2 aliphatic carbocycles. The normalized spacial score (nSPS) is 12.7. The van der Waals surface area contributed by atoms with Crippen LogP contribution in [0.5, 0.6) is 0 Å². The van der Waals surface area contributed by atoms with Crippen molar-refractivity contribution in [3.05, 3.63) is 301 Å². The topological polar surface area (TPSA) is 19.6 Å². The SMILES string of the molecule is c1ccc(N(c2ccc(-c3ccc(-c4ccc(N(c5ccc6ccccc6c5)c5ccc6c(c5)oc5ccccc56)cc4)cc3)cc2)c2ccc3c(c2)C2(c4ccccc4-c4ccccc42)c2ccccc2-3)cc1. The highest BCUT2D eigenvalue weighted by Gasteiger charge is 2.51. The molecule has 0 saturated heterocycles. The van der Waals surface area contributed by atoms with Crippen molar-refractivity contribution in [3.63, 3.8) is 0 Å². The van der Waals surface area contributed by atoms with E-state index in [9.17, 15) is 0 Å². The van der Waals surface area contributed by atoms with Gasteiger partial charge >= 0.3 is 0 Å². The largest absolute Gasteiger partial charge is 0.456 e. The van der Waals surface area contributed by atoms with Gasteiger partial charge in [0.15, 0.2) is 0 Å². The Bertz CT molecular complexity index is 4240. The van der Waals surface area contributed by atoms with Crippen LogP contribution in [0.1, 0.15) is 22.3 Å². The van der Waals surface area contributed by atoms with Crippen molar-refractivity contribution in [2.45, 2.75) is 5.41 Å². The van der Waals surface area contributed by atoms with Gasteiger partial charge in [0, 0.05) is 51.0 Å². The highest BCUT2D eigenvalue weighted by atomic mass is 16.3. The molecule has 3 heteroatoms. The Hall–Kier alpha value is -9.70. The molecule has 0 atom stereocenters. The Morgan fingerprint density at radius 2 is 0.649 bits per heavy atom. The van der Waals surface area contributed by atoms with Crippen LogP contribution >= 0.6 is 0 Å². The first-order valence-electron chi connectivity index (χ1n) is 25.5. The van der Waals surface area contributed by atoms with Crippen LogP contribution in [0, 0.1) is 0 Å². The van der Waals surface area contributed by atoms with Crippen molar-refractivity contribution in [2.75, 3.05) is 9.80 Å². The maximum Gasteiger partial charge on any atom is 0.137 e. The molecular weight excluding hydrogens is 897 g/mol. The highest BCUT2D eigenvalue weighted by Crippen LogP contribution is 2.63. The Morgan fingerprint density at radius 1 is 0.243 bits per heavy atom. The fraction of sp³-hybridized carbons (Fsp3) is 0.0141. The van der Waals surface area contributed by atoms with Crippen molar-refractivity contribution >= 4 is 66.8 Å². The molecule has 1 spiro atoms. The minimum absolute atomic E-state index is 0.417. The second-order valence-electron chi connectivity index (χ2n) is 19.6. The summed E-state index contributed by atoms with van der Waals surface area (Å²) in [4.78, 5) is 4.72. The number of hydrogen-bond donors (Lipinski definition) is 0. The monoisotopic (exact) mass is 942 g/mol. The number of anilines is 6. The number of benzene rings is 12. The van der Waals surface area contributed by atoms with Gasteiger partial charge in [0.05, 0.1) is 5.41 Å². The van der Waals surface area contributed by atoms with E-state index in [1.165, 1.54) is 66.4 Å². The number of rotatable bonds is 8. The highest BCUT2D eigenvalue weighted by molar-refractivity contribution is 6.06. The van der Waals surface area contributed by atoms with Gasteiger partial charge in [-0.25, -0.2) is 0 Å². The number of furan rings is 1. The Morgan fingerprint density at radius 3 is 1.27 bits per heavy atom. The summed E-state index contributed by atoms with van der Waals surface area (Å²) < 4.78 is 6.38. The van der Waals surface area contributed by atoms with Gasteiger partial charge < -0.3 is 14.2 Å². The van der Waals surface area contributed by atoms with Gasteiger partial charge in [0.25, 0.3) is 0 Å². The molecule has 13 aromatic rings. The molecule has 0 N–H and O–H groups in total. The molecule has 1 heterocycles. The molecule has 346 valence electrons. The summed E-state index contributed by atoms with van der Waals surface area (Å²) in [5.41, 5.74) is 23.1. The van der Waals surface area contributed by atoms with E-state index < -0.39 is 5.41 Å². The second-order valence-corrected chi connectivity index (χ2v) is 19.6. The second kappa shape index (κ2) is 16.7. The minimum Gasteiger partial charge on any atom is -0.456 e. The van der Waals surface area contributed by atoms with Crippen LogP contribution in [-0.4, -0.2) is 0 Å². The van der Waals surface area contributed by atoms with E-state index in [1.807, 2.05) is 12.1 Å². The fourth-order valence-electron chi connectivity index (χ4n) is 12.3. The molecule has 3 nitrogen and oxygen atoms in total. The first kappa shape index (κ1) is 42.0. The summed E-state index contributed by atoms with van der Waals surface area (Å²) in [7, 11) is 0. The van der Waals surface area contributed by atoms with Crippen molar-refractivity contribution in [2.24, 2.45) is 0 Å². The van der Waals surface area contributed by atoms with Crippen LogP contribution < -0.4 is 9.80 Å². The molecule has 2 aliphatic rings. The zero-order valence-electron chi connectivity index (χ0n) is 40.4. The van der Waals surface area contributed by atoms with Crippen LogP contribution in [-0.2, 0) is 5.41 Å². The molecule has 0 amide bonds. The summed E-state index contributed by atoms with van der Waals surface area (Å²) >= 11 is 0. The third-order valence-electron chi connectivity index (χ3n) is 15.7. The minimum atomic E-state index is -0.417. The standard InChI is InChI=1S/C71H46N2O/c1-2-16-53(17-3-1)72(57-40-42-62-61-20-8-12-24-67(61)71(68(62)45-57)65-22-10-6-18-59(65)60-19-7-11-23-66(60)71)54-35-30-50(31-36-54)48-26-28-49(29-27-48)51-32-37-55(38-33-51)73(56-39-34-47-14-4-5-15-52(47)44-56)58-41-43-64-63-21-9-13-25-69(63)74-70(64)46-58/h1-46H. The lowest BCUT2D eigenvalue weighted by atomic mass is 9.70. The van der Waals surface area contributed by atoms with Crippen molar-refractivity contribution in [1.82, 2.24) is 0 Å². The lowest BCUT2D eigenvalue weighted by Gasteiger charge is -2.32. The van der Waals surface area contributed by atoms with Crippen molar-refractivity contribution < 1.29 is 4.42 Å². The van der Waals surface area contributed by atoms with Crippen LogP contribution in [0.15, 0.2) is 283 Å². The summed E-state index contributed by atoms with van der Waals surface area (Å²) in [6.45, 7) is 0. The number of nitrogens with zero attached hydrogens (tertiary/aromatic N) is 2. The zero-order chi connectivity index (χ0) is 48.7. The van der Waals surface area contributed by atoms with E-state index in [0.29, 0.717) is 0 Å². The Labute approximate surface area is 430 Å². The van der Waals surface area contributed by atoms with Gasteiger partial charge in [-0.1, -0.05) is 194 Å². The van der Waals surface area contributed by atoms with E-state index in [0.717, 1.165) is 67.2 Å². The van der Waals surface area contributed by atoms with Gasteiger partial charge in [-0.05, 0) is 156 Å². The van der Waals surface area contributed by atoms with Crippen molar-refractivity contribution in [3.8, 4) is 44.5 Å². The predicted octanol–water partition coefficient (Wildman–Crippen LogP) is 19.4. The molecule has 15 rings (SSSR count). The van der Waals surface area contributed by atoms with E-state index >= 15 is 0 Å². The van der Waals surface area contributed by atoms with Gasteiger partial charge in [-0.15, -0.1) is 0 Å². The molecule has 0 radical (unpaired) electrons. The quantitative estimate of drug-likeness (QED) is 0.151. The van der Waals surface area contributed by atoms with Crippen molar-refractivity contribution in [1.29, 1.82) is 0 Å². The Kier molecular flexibility index (Phi) is 9.48. The van der Waals surface area contributed by atoms with E-state index in [2.05, 4.69) is 277 Å². The molecule has 0 aliphatic heterocycles. The van der Waals surface area contributed by atoms with Gasteiger partial charge in [-0.2, -0.15) is 0 Å². The molecule has 0 bridgehead atoms. The van der Waals surface area contributed by atoms with Crippen LogP contribution in [0.3, 0.4) is 0 Å². The summed E-state index contributed by atoms with van der Waals surface area (Å²) in [5, 5.41) is 4.65. The smallest absolute Gasteiger partial charge is 0.137 e. The molecular formula is C71H46N2O. The zero-order valence-corrected chi connectivity index (χ0v) is 40.4. The third kappa shape index (κ3) is 6.46. The van der Waals surface area contributed by atoms with E-state index in [1.54, 1.807) is 0 Å². The molecule has 0 saturated carbocycles. The number of fused-ring (bicyclic) bond motifs is 14. The number of hydrogen-bond acceptors (Lipinski definition) is 3. The lowest BCUT2D eigenvalue weighted by Crippen LogP contribution is -2.26. The number of para-hydroxylation sites is 2. The average Bonchev–Trinajstić information content (AvgIpc) is 4.16. The Balaban J connectivity index is 0.752. The first-order chi connectivity index (χ1) is 36.7. The van der Waals surface area contributed by atoms with Crippen LogP contribution in [0.4, 0.5) is 34.1 Å². The summed E-state index contributed by atoms with van der Waals surface area (Å²) in [6.07, 6.45) is 0. The maximum atomic E-state index is 6.38.